The molecule has 0 spiro atoms. The number of nitrogens with zero attached hydrogens (tertiary/aromatic N) is 1. The summed E-state index contributed by atoms with van der Waals surface area (Å²) in [6, 6.07) is 4.67. The fourth-order valence-corrected chi connectivity index (χ4v) is 4.29. The molecule has 1 N–H and O–H groups in total. The third kappa shape index (κ3) is 3.97. The van der Waals surface area contributed by atoms with E-state index in [-0.39, 0.29) is 22.1 Å². The van der Waals surface area contributed by atoms with E-state index >= 15 is 0 Å². The monoisotopic (exact) mass is 372 g/mol. The average molecular weight is 373 g/mol. The van der Waals surface area contributed by atoms with Crippen molar-refractivity contribution in [3.63, 3.8) is 0 Å². The van der Waals surface area contributed by atoms with Crippen LogP contribution in [0.4, 0.5) is 5.69 Å². The molecule has 1 aliphatic carbocycles. The molecular formula is C14H17BrN2O3S. The van der Waals surface area contributed by atoms with Crippen LogP contribution in [0.2, 0.25) is 0 Å². The summed E-state index contributed by atoms with van der Waals surface area (Å²) in [7, 11) is 0. The van der Waals surface area contributed by atoms with Crippen molar-refractivity contribution in [1.82, 2.24) is 5.32 Å². The van der Waals surface area contributed by atoms with E-state index in [1.807, 2.05) is 11.8 Å². The summed E-state index contributed by atoms with van der Waals surface area (Å²) >= 11 is 5.09. The number of carbonyl (C=O) groups is 1. The van der Waals surface area contributed by atoms with Crippen LogP contribution in [-0.4, -0.2) is 27.9 Å². The van der Waals surface area contributed by atoms with Gasteiger partial charge >= 0.3 is 0 Å². The van der Waals surface area contributed by atoms with Crippen LogP contribution in [-0.2, 0) is 0 Å². The lowest BCUT2D eigenvalue weighted by Gasteiger charge is -2.14. The van der Waals surface area contributed by atoms with Crippen molar-refractivity contribution in [2.45, 2.75) is 37.5 Å². The van der Waals surface area contributed by atoms with Crippen LogP contribution in [0.1, 0.15) is 36.5 Å². The topological polar surface area (TPSA) is 72.2 Å². The van der Waals surface area contributed by atoms with E-state index in [0.29, 0.717) is 10.8 Å². The maximum absolute atomic E-state index is 12.3. The summed E-state index contributed by atoms with van der Waals surface area (Å²) in [4.78, 5) is 22.7. The number of nitrogens with one attached hydrogen (secondary N) is 1. The fourth-order valence-electron chi connectivity index (χ4n) is 2.56. The Kier molecular flexibility index (Phi) is 5.64. The van der Waals surface area contributed by atoms with Crippen molar-refractivity contribution in [3.05, 3.63) is 38.3 Å². The first-order valence-electron chi connectivity index (χ1n) is 6.88. The number of nitro groups is 1. The summed E-state index contributed by atoms with van der Waals surface area (Å²) in [6.07, 6.45) is 3.05. The van der Waals surface area contributed by atoms with E-state index in [1.165, 1.54) is 12.1 Å². The van der Waals surface area contributed by atoms with Crippen molar-refractivity contribution in [1.29, 1.82) is 0 Å². The van der Waals surface area contributed by atoms with Gasteiger partial charge in [-0.05, 0) is 47.0 Å². The van der Waals surface area contributed by atoms with Gasteiger partial charge in [-0.15, -0.1) is 0 Å². The van der Waals surface area contributed by atoms with Gasteiger partial charge < -0.3 is 5.32 Å². The van der Waals surface area contributed by atoms with Crippen LogP contribution in [0, 0.1) is 10.1 Å². The minimum atomic E-state index is -0.496. The number of hydrogen-bond donors (Lipinski definition) is 1. The van der Waals surface area contributed by atoms with Crippen molar-refractivity contribution in [2.75, 3.05) is 5.75 Å². The van der Waals surface area contributed by atoms with Crippen LogP contribution in [0.3, 0.4) is 0 Å². The standard InChI is InChI=1S/C14H17BrN2O3S/c1-2-21-10-7-6-9(8-10)16-14(18)11-4-3-5-12(13(11)15)17(19)20/h3-5,9-10H,2,6-8H2,1H3,(H,16,18). The average Bonchev–Trinajstić information content (AvgIpc) is 2.86. The van der Waals surface area contributed by atoms with E-state index in [4.69, 9.17) is 0 Å². The van der Waals surface area contributed by atoms with E-state index < -0.39 is 4.92 Å². The predicted octanol–water partition coefficient (Wildman–Crippen LogP) is 3.76. The minimum Gasteiger partial charge on any atom is -0.349 e. The molecule has 2 atom stereocenters. The van der Waals surface area contributed by atoms with Gasteiger partial charge in [0.15, 0.2) is 0 Å². The molecule has 1 amide bonds. The number of carbonyl (C=O) groups excluding carboxylic acids is 1. The van der Waals surface area contributed by atoms with Gasteiger partial charge in [0, 0.05) is 17.4 Å². The van der Waals surface area contributed by atoms with Crippen molar-refractivity contribution in [2.24, 2.45) is 0 Å². The molecule has 0 aliphatic heterocycles. The van der Waals surface area contributed by atoms with Crippen LogP contribution >= 0.6 is 27.7 Å². The van der Waals surface area contributed by atoms with Gasteiger partial charge in [-0.3, -0.25) is 14.9 Å². The van der Waals surface area contributed by atoms with Gasteiger partial charge in [0.05, 0.1) is 10.5 Å². The van der Waals surface area contributed by atoms with Gasteiger partial charge in [0.1, 0.15) is 4.47 Å². The number of amides is 1. The Hall–Kier alpha value is -1.08. The molecule has 1 aliphatic rings. The Bertz CT molecular complexity index is 553. The van der Waals surface area contributed by atoms with Crippen molar-refractivity contribution >= 4 is 39.3 Å². The summed E-state index contributed by atoms with van der Waals surface area (Å²) in [5.74, 6) is 0.833. The molecule has 21 heavy (non-hydrogen) atoms. The lowest BCUT2D eigenvalue weighted by Crippen LogP contribution is -2.33. The molecule has 114 valence electrons. The molecule has 0 saturated heterocycles. The number of thioether (sulfide) groups is 1. The summed E-state index contributed by atoms with van der Waals surface area (Å²) in [5.41, 5.74) is 0.226. The second-order valence-corrected chi connectivity index (χ2v) is 7.33. The molecule has 2 unspecified atom stereocenters. The van der Waals surface area contributed by atoms with Crippen molar-refractivity contribution < 1.29 is 9.72 Å². The molecule has 7 heteroatoms. The molecule has 0 heterocycles. The first-order valence-corrected chi connectivity index (χ1v) is 8.72. The van der Waals surface area contributed by atoms with E-state index in [0.717, 1.165) is 25.0 Å². The van der Waals surface area contributed by atoms with Gasteiger partial charge in [0.2, 0.25) is 0 Å². The van der Waals surface area contributed by atoms with Crippen molar-refractivity contribution in [3.8, 4) is 0 Å². The summed E-state index contributed by atoms with van der Waals surface area (Å²) in [6.45, 7) is 2.14. The molecule has 1 aromatic rings. The normalized spacial score (nSPS) is 21.2. The zero-order valence-electron chi connectivity index (χ0n) is 11.7. The van der Waals surface area contributed by atoms with Crippen LogP contribution in [0.15, 0.2) is 22.7 Å². The highest BCUT2D eigenvalue weighted by atomic mass is 79.9. The predicted molar refractivity (Wildman–Crippen MR) is 87.8 cm³/mol. The maximum Gasteiger partial charge on any atom is 0.284 e. The molecule has 0 aromatic heterocycles. The van der Waals surface area contributed by atoms with Gasteiger partial charge in [0.25, 0.3) is 11.6 Å². The number of rotatable bonds is 5. The highest BCUT2D eigenvalue weighted by Crippen LogP contribution is 2.31. The molecule has 1 saturated carbocycles. The van der Waals surface area contributed by atoms with Crippen LogP contribution in [0.5, 0.6) is 0 Å². The summed E-state index contributed by atoms with van der Waals surface area (Å²) in [5, 5.41) is 14.5. The Morgan fingerprint density at radius 2 is 2.29 bits per heavy atom. The Morgan fingerprint density at radius 1 is 1.52 bits per heavy atom. The molecule has 0 radical (unpaired) electrons. The second-order valence-electron chi connectivity index (χ2n) is 4.96. The van der Waals surface area contributed by atoms with Gasteiger partial charge in [-0.25, -0.2) is 0 Å². The van der Waals surface area contributed by atoms with Crippen LogP contribution < -0.4 is 5.32 Å². The maximum atomic E-state index is 12.3. The summed E-state index contributed by atoms with van der Waals surface area (Å²) < 4.78 is 0.241. The van der Waals surface area contributed by atoms with Gasteiger partial charge in [-0.2, -0.15) is 11.8 Å². The molecule has 2 rings (SSSR count). The number of hydrogen-bond acceptors (Lipinski definition) is 4. The minimum absolute atomic E-state index is 0.0894. The first-order chi connectivity index (χ1) is 10.0. The first kappa shape index (κ1) is 16.3. The Balaban J connectivity index is 2.05. The van der Waals surface area contributed by atoms with Crippen LogP contribution in [0.25, 0.3) is 0 Å². The molecule has 0 bridgehead atoms. The largest absolute Gasteiger partial charge is 0.349 e. The van der Waals surface area contributed by atoms with E-state index in [2.05, 4.69) is 28.2 Å². The zero-order chi connectivity index (χ0) is 15.4. The lowest BCUT2D eigenvalue weighted by molar-refractivity contribution is -0.385. The SMILES string of the molecule is CCSC1CCC(NC(=O)c2cccc([N+](=O)[O-])c2Br)C1. The Labute approximate surface area is 136 Å². The number of nitro benzene ring substituents is 1. The quantitative estimate of drug-likeness (QED) is 0.630. The van der Waals surface area contributed by atoms with E-state index in [1.54, 1.807) is 6.07 Å². The third-order valence-corrected chi connectivity index (χ3v) is 5.61. The molecule has 5 nitrogen and oxygen atoms in total. The highest BCUT2D eigenvalue weighted by Gasteiger charge is 2.27. The number of benzene rings is 1. The molecule has 1 aromatic carbocycles. The number of halogens is 1. The second kappa shape index (κ2) is 7.26. The fraction of sp³-hybridized carbons (Fsp3) is 0.500. The lowest BCUT2D eigenvalue weighted by atomic mass is 10.1. The third-order valence-electron chi connectivity index (χ3n) is 3.54. The molecule has 1 fully saturated rings. The smallest absolute Gasteiger partial charge is 0.284 e. The molecular weight excluding hydrogens is 356 g/mol. The van der Waals surface area contributed by atoms with E-state index in [9.17, 15) is 14.9 Å². The van der Waals surface area contributed by atoms with Gasteiger partial charge in [-0.1, -0.05) is 13.0 Å². The zero-order valence-corrected chi connectivity index (χ0v) is 14.1. The Morgan fingerprint density at radius 3 is 2.95 bits per heavy atom. The highest BCUT2D eigenvalue weighted by molar-refractivity contribution is 9.10.